The van der Waals surface area contributed by atoms with Crippen LogP contribution in [0.5, 0.6) is 0 Å². The van der Waals surface area contributed by atoms with Gasteiger partial charge in [0.15, 0.2) is 0 Å². The minimum Gasteiger partial charge on any atom is -0.280 e. The Morgan fingerprint density at radius 2 is 1.86 bits per heavy atom. The Labute approximate surface area is 124 Å². The van der Waals surface area contributed by atoms with Gasteiger partial charge in [-0.1, -0.05) is 6.07 Å². The smallest absolute Gasteiger partial charge is 0.270 e. The number of nitrogens with one attached hydrogen (secondary N) is 2. The third kappa shape index (κ3) is 2.59. The number of aromatic nitrogens is 3. The van der Waals surface area contributed by atoms with Crippen LogP contribution in [0, 0.1) is 10.1 Å². The summed E-state index contributed by atoms with van der Waals surface area (Å²) in [5.41, 5.74) is 1.08. The first-order valence-corrected chi connectivity index (χ1v) is 7.52. The second-order valence-electron chi connectivity index (χ2n) is 4.39. The summed E-state index contributed by atoms with van der Waals surface area (Å²) in [5.74, 6) is 0. The van der Waals surface area contributed by atoms with Gasteiger partial charge in [0.2, 0.25) is 0 Å². The van der Waals surface area contributed by atoms with Crippen molar-refractivity contribution in [2.24, 2.45) is 0 Å². The van der Waals surface area contributed by atoms with E-state index in [-0.39, 0.29) is 16.3 Å². The van der Waals surface area contributed by atoms with E-state index in [0.717, 1.165) is 6.07 Å². The van der Waals surface area contributed by atoms with E-state index in [9.17, 15) is 18.5 Å². The molecule has 0 bridgehead atoms. The number of fused-ring (bicyclic) bond motifs is 1. The van der Waals surface area contributed by atoms with E-state index in [4.69, 9.17) is 0 Å². The lowest BCUT2D eigenvalue weighted by molar-refractivity contribution is -0.385. The third-order valence-electron chi connectivity index (χ3n) is 2.91. The molecular weight excluding hydrogens is 310 g/mol. The van der Waals surface area contributed by atoms with Crippen LogP contribution in [0.1, 0.15) is 0 Å². The SMILES string of the molecule is O=[N+]([O-])c1cccc(S(=O)(=O)Nc2ccc3n[nH]nc3c2)c1. The molecule has 0 saturated carbocycles. The molecular formula is C12H9N5O4S. The van der Waals surface area contributed by atoms with Crippen LogP contribution in [0.25, 0.3) is 11.0 Å². The van der Waals surface area contributed by atoms with Crippen LogP contribution >= 0.6 is 0 Å². The molecule has 0 fully saturated rings. The largest absolute Gasteiger partial charge is 0.280 e. The van der Waals surface area contributed by atoms with Crippen LogP contribution in [-0.4, -0.2) is 28.8 Å². The average molecular weight is 319 g/mol. The Morgan fingerprint density at radius 1 is 1.09 bits per heavy atom. The lowest BCUT2D eigenvalue weighted by atomic mass is 10.3. The molecule has 10 heteroatoms. The lowest BCUT2D eigenvalue weighted by Crippen LogP contribution is -2.13. The molecule has 3 aromatic rings. The fourth-order valence-electron chi connectivity index (χ4n) is 1.88. The molecule has 9 nitrogen and oxygen atoms in total. The van der Waals surface area contributed by atoms with Crippen LogP contribution in [-0.2, 0) is 10.0 Å². The number of rotatable bonds is 4. The highest BCUT2D eigenvalue weighted by Crippen LogP contribution is 2.22. The monoisotopic (exact) mass is 319 g/mol. The molecule has 0 aliphatic rings. The van der Waals surface area contributed by atoms with Crippen molar-refractivity contribution in [2.45, 2.75) is 4.90 Å². The Morgan fingerprint density at radius 3 is 2.64 bits per heavy atom. The Kier molecular flexibility index (Phi) is 3.22. The van der Waals surface area contributed by atoms with Gasteiger partial charge >= 0.3 is 0 Å². The minimum atomic E-state index is -3.93. The quantitative estimate of drug-likeness (QED) is 0.555. The number of non-ortho nitro benzene ring substituents is 1. The van der Waals surface area contributed by atoms with Crippen molar-refractivity contribution in [1.29, 1.82) is 0 Å². The Balaban J connectivity index is 1.95. The summed E-state index contributed by atoms with van der Waals surface area (Å²) in [6, 6.07) is 9.45. The number of nitro benzene ring substituents is 1. The van der Waals surface area contributed by atoms with Gasteiger partial charge in [-0.3, -0.25) is 14.8 Å². The highest BCUT2D eigenvalue weighted by molar-refractivity contribution is 7.92. The zero-order valence-corrected chi connectivity index (χ0v) is 11.7. The van der Waals surface area contributed by atoms with Gasteiger partial charge in [-0.05, 0) is 24.3 Å². The Bertz CT molecular complexity index is 966. The van der Waals surface area contributed by atoms with Gasteiger partial charge in [-0.15, -0.1) is 0 Å². The predicted molar refractivity (Wildman–Crippen MR) is 77.8 cm³/mol. The zero-order chi connectivity index (χ0) is 15.7. The third-order valence-corrected chi connectivity index (χ3v) is 4.29. The first-order chi connectivity index (χ1) is 10.5. The van der Waals surface area contributed by atoms with E-state index in [1.54, 1.807) is 6.07 Å². The molecule has 112 valence electrons. The molecule has 0 unspecified atom stereocenters. The van der Waals surface area contributed by atoms with E-state index in [0.29, 0.717) is 11.0 Å². The molecule has 0 amide bonds. The molecule has 2 N–H and O–H groups in total. The van der Waals surface area contributed by atoms with Crippen LogP contribution in [0.4, 0.5) is 11.4 Å². The van der Waals surface area contributed by atoms with Gasteiger partial charge in [0, 0.05) is 12.1 Å². The minimum absolute atomic E-state index is 0.193. The van der Waals surface area contributed by atoms with E-state index < -0.39 is 14.9 Å². The molecule has 0 saturated heterocycles. The standard InChI is InChI=1S/C12H9N5O4S/c18-17(19)9-2-1-3-10(7-9)22(20,21)15-8-4-5-11-12(6-8)14-16-13-11/h1-7,15H,(H,13,14,16). The topological polar surface area (TPSA) is 131 Å². The number of nitro groups is 1. The van der Waals surface area contributed by atoms with Crippen LogP contribution in [0.15, 0.2) is 47.4 Å². The maximum absolute atomic E-state index is 12.3. The van der Waals surface area contributed by atoms with Crippen LogP contribution in [0.3, 0.4) is 0 Å². The molecule has 0 atom stereocenters. The van der Waals surface area contributed by atoms with Gasteiger partial charge in [0.25, 0.3) is 15.7 Å². The zero-order valence-electron chi connectivity index (χ0n) is 10.9. The van der Waals surface area contributed by atoms with Gasteiger partial charge in [0.1, 0.15) is 11.0 Å². The number of hydrogen-bond acceptors (Lipinski definition) is 6. The summed E-state index contributed by atoms with van der Waals surface area (Å²) >= 11 is 0. The fraction of sp³-hybridized carbons (Fsp3) is 0. The fourth-order valence-corrected chi connectivity index (χ4v) is 2.97. The molecule has 0 radical (unpaired) electrons. The van der Waals surface area contributed by atoms with Crippen molar-refractivity contribution < 1.29 is 13.3 Å². The number of benzene rings is 2. The van der Waals surface area contributed by atoms with Crippen molar-refractivity contribution in [1.82, 2.24) is 15.4 Å². The maximum Gasteiger partial charge on any atom is 0.270 e. The predicted octanol–water partition coefficient (Wildman–Crippen LogP) is 1.67. The van der Waals surface area contributed by atoms with Gasteiger partial charge in [0.05, 0.1) is 15.5 Å². The highest BCUT2D eigenvalue weighted by atomic mass is 32.2. The lowest BCUT2D eigenvalue weighted by Gasteiger charge is -2.07. The molecule has 22 heavy (non-hydrogen) atoms. The highest BCUT2D eigenvalue weighted by Gasteiger charge is 2.18. The molecule has 3 rings (SSSR count). The summed E-state index contributed by atoms with van der Waals surface area (Å²) < 4.78 is 26.9. The number of hydrogen-bond donors (Lipinski definition) is 2. The van der Waals surface area contributed by atoms with E-state index in [1.165, 1.54) is 30.3 Å². The Hall–Kier alpha value is -3.01. The van der Waals surface area contributed by atoms with Crippen molar-refractivity contribution in [2.75, 3.05) is 4.72 Å². The number of sulfonamides is 1. The molecule has 1 aromatic heterocycles. The molecule has 0 aliphatic carbocycles. The van der Waals surface area contributed by atoms with Crippen LogP contribution in [0.2, 0.25) is 0 Å². The number of nitrogens with zero attached hydrogens (tertiary/aromatic N) is 3. The van der Waals surface area contributed by atoms with E-state index in [1.807, 2.05) is 0 Å². The molecule has 1 heterocycles. The number of H-pyrrole nitrogens is 1. The number of aromatic amines is 1. The van der Waals surface area contributed by atoms with Crippen molar-refractivity contribution in [3.05, 3.63) is 52.6 Å². The van der Waals surface area contributed by atoms with E-state index >= 15 is 0 Å². The van der Waals surface area contributed by atoms with Crippen molar-refractivity contribution in [3.8, 4) is 0 Å². The van der Waals surface area contributed by atoms with Crippen molar-refractivity contribution >= 4 is 32.4 Å². The van der Waals surface area contributed by atoms with E-state index in [2.05, 4.69) is 20.1 Å². The normalized spacial score (nSPS) is 11.5. The molecule has 0 spiro atoms. The van der Waals surface area contributed by atoms with Gasteiger partial charge < -0.3 is 0 Å². The molecule has 2 aromatic carbocycles. The summed E-state index contributed by atoms with van der Waals surface area (Å²) in [5, 5.41) is 20.9. The maximum atomic E-state index is 12.3. The number of anilines is 1. The first-order valence-electron chi connectivity index (χ1n) is 6.03. The van der Waals surface area contributed by atoms with Crippen LogP contribution < -0.4 is 4.72 Å². The molecule has 0 aliphatic heterocycles. The average Bonchev–Trinajstić information content (AvgIpc) is 2.94. The second-order valence-corrected chi connectivity index (χ2v) is 6.07. The van der Waals surface area contributed by atoms with Gasteiger partial charge in [-0.25, -0.2) is 8.42 Å². The summed E-state index contributed by atoms with van der Waals surface area (Å²) in [6.45, 7) is 0. The summed E-state index contributed by atoms with van der Waals surface area (Å²) in [6.07, 6.45) is 0. The summed E-state index contributed by atoms with van der Waals surface area (Å²) in [4.78, 5) is 9.88. The second kappa shape index (κ2) is 5.07. The first kappa shape index (κ1) is 13.9. The summed E-state index contributed by atoms with van der Waals surface area (Å²) in [7, 11) is -3.93. The van der Waals surface area contributed by atoms with Crippen molar-refractivity contribution in [3.63, 3.8) is 0 Å². The van der Waals surface area contributed by atoms with Gasteiger partial charge in [-0.2, -0.15) is 15.4 Å².